The molecule has 110 valence electrons. The molecule has 0 bridgehead atoms. The minimum Gasteiger partial charge on any atom is -0.381 e. The van der Waals surface area contributed by atoms with Gasteiger partial charge < -0.3 is 5.32 Å². The molecule has 0 radical (unpaired) electrons. The van der Waals surface area contributed by atoms with E-state index in [1.165, 1.54) is 29.8 Å². The lowest BCUT2D eigenvalue weighted by Gasteiger charge is -2.21. The second kappa shape index (κ2) is 6.31. The Morgan fingerprint density at radius 3 is 2.24 bits per heavy atom. The molecule has 3 rings (SSSR count). The predicted molar refractivity (Wildman–Crippen MR) is 90.6 cm³/mol. The van der Waals surface area contributed by atoms with Crippen molar-refractivity contribution in [3.63, 3.8) is 0 Å². The molecule has 1 N–H and O–H groups in total. The number of hydrogen-bond acceptors (Lipinski definition) is 2. The second-order valence-corrected chi connectivity index (χ2v) is 6.16. The molecule has 2 heteroatoms. The van der Waals surface area contributed by atoms with Crippen LogP contribution in [0.1, 0.15) is 20.3 Å². The fraction of sp³-hybridized carbons (Fsp3) is 0.368. The maximum absolute atomic E-state index is 3.66. The summed E-state index contributed by atoms with van der Waals surface area (Å²) in [6.07, 6.45) is 1.23. The SMILES string of the molecule is CC(C)N1CCC(Nc2ccc(-c3ccccc3)cc2)C1. The van der Waals surface area contributed by atoms with E-state index in [4.69, 9.17) is 0 Å². The van der Waals surface area contributed by atoms with Crippen molar-refractivity contribution in [3.05, 3.63) is 54.6 Å². The molecule has 1 saturated heterocycles. The van der Waals surface area contributed by atoms with Crippen molar-refractivity contribution in [2.75, 3.05) is 18.4 Å². The lowest BCUT2D eigenvalue weighted by atomic mass is 10.1. The molecule has 1 aliphatic rings. The van der Waals surface area contributed by atoms with Crippen molar-refractivity contribution in [3.8, 4) is 11.1 Å². The van der Waals surface area contributed by atoms with Gasteiger partial charge in [-0.05, 0) is 43.5 Å². The Morgan fingerprint density at radius 2 is 1.62 bits per heavy atom. The van der Waals surface area contributed by atoms with Gasteiger partial charge >= 0.3 is 0 Å². The highest BCUT2D eigenvalue weighted by atomic mass is 15.2. The first-order valence-corrected chi connectivity index (χ1v) is 7.88. The second-order valence-electron chi connectivity index (χ2n) is 6.16. The monoisotopic (exact) mass is 280 g/mol. The zero-order chi connectivity index (χ0) is 14.7. The van der Waals surface area contributed by atoms with Crippen LogP contribution in [0.25, 0.3) is 11.1 Å². The standard InChI is InChI=1S/C19H24N2/c1-15(2)21-13-12-19(14-21)20-18-10-8-17(9-11-18)16-6-4-3-5-7-16/h3-11,15,19-20H,12-14H2,1-2H3. The van der Waals surface area contributed by atoms with Crippen molar-refractivity contribution in [1.29, 1.82) is 0 Å². The van der Waals surface area contributed by atoms with E-state index < -0.39 is 0 Å². The number of likely N-dealkylation sites (tertiary alicyclic amines) is 1. The first-order chi connectivity index (χ1) is 10.2. The van der Waals surface area contributed by atoms with Crippen molar-refractivity contribution < 1.29 is 0 Å². The topological polar surface area (TPSA) is 15.3 Å². The summed E-state index contributed by atoms with van der Waals surface area (Å²) in [5, 5.41) is 3.66. The van der Waals surface area contributed by atoms with Crippen LogP contribution >= 0.6 is 0 Å². The lowest BCUT2D eigenvalue weighted by Crippen LogP contribution is -2.31. The lowest BCUT2D eigenvalue weighted by molar-refractivity contribution is 0.274. The quantitative estimate of drug-likeness (QED) is 0.900. The van der Waals surface area contributed by atoms with Crippen LogP contribution in [0.2, 0.25) is 0 Å². The van der Waals surface area contributed by atoms with Gasteiger partial charge in [-0.25, -0.2) is 0 Å². The van der Waals surface area contributed by atoms with Crippen molar-refractivity contribution in [1.82, 2.24) is 4.90 Å². The minimum absolute atomic E-state index is 0.579. The molecule has 0 spiro atoms. The van der Waals surface area contributed by atoms with Gasteiger partial charge in [-0.15, -0.1) is 0 Å². The Hall–Kier alpha value is -1.80. The summed E-state index contributed by atoms with van der Waals surface area (Å²) in [6, 6.07) is 20.5. The van der Waals surface area contributed by atoms with Gasteiger partial charge in [0.1, 0.15) is 0 Å². The average molecular weight is 280 g/mol. The first kappa shape index (κ1) is 14.2. The van der Waals surface area contributed by atoms with Gasteiger partial charge in [-0.3, -0.25) is 4.90 Å². The van der Waals surface area contributed by atoms with Gasteiger partial charge in [0.2, 0.25) is 0 Å². The summed E-state index contributed by atoms with van der Waals surface area (Å²) in [5.41, 5.74) is 3.78. The number of benzene rings is 2. The van der Waals surface area contributed by atoms with Gasteiger partial charge in [0, 0.05) is 30.9 Å². The number of rotatable bonds is 4. The van der Waals surface area contributed by atoms with Gasteiger partial charge in [0.05, 0.1) is 0 Å². The van der Waals surface area contributed by atoms with E-state index in [1.807, 2.05) is 0 Å². The molecule has 1 atom stereocenters. The van der Waals surface area contributed by atoms with Crippen LogP contribution < -0.4 is 5.32 Å². The number of anilines is 1. The highest BCUT2D eigenvalue weighted by molar-refractivity contribution is 5.65. The molecule has 1 unspecified atom stereocenters. The van der Waals surface area contributed by atoms with Crippen LogP contribution in [0.15, 0.2) is 54.6 Å². The van der Waals surface area contributed by atoms with Gasteiger partial charge in [0.15, 0.2) is 0 Å². The summed E-state index contributed by atoms with van der Waals surface area (Å²) in [6.45, 7) is 6.91. The number of hydrogen-bond donors (Lipinski definition) is 1. The fourth-order valence-corrected chi connectivity index (χ4v) is 3.00. The molecule has 1 fully saturated rings. The summed E-state index contributed by atoms with van der Waals surface area (Å²) < 4.78 is 0. The summed E-state index contributed by atoms with van der Waals surface area (Å²) in [4.78, 5) is 2.54. The van der Waals surface area contributed by atoms with Gasteiger partial charge in [-0.2, -0.15) is 0 Å². The Labute approximate surface area is 127 Å². The zero-order valence-electron chi connectivity index (χ0n) is 12.9. The maximum Gasteiger partial charge on any atom is 0.0400 e. The molecular weight excluding hydrogens is 256 g/mol. The Morgan fingerprint density at radius 1 is 0.952 bits per heavy atom. The van der Waals surface area contributed by atoms with Crippen molar-refractivity contribution in [2.45, 2.75) is 32.4 Å². The normalized spacial score (nSPS) is 19.1. The minimum atomic E-state index is 0.579. The highest BCUT2D eigenvalue weighted by Crippen LogP contribution is 2.23. The van der Waals surface area contributed by atoms with E-state index in [-0.39, 0.29) is 0 Å². The molecule has 0 amide bonds. The fourth-order valence-electron chi connectivity index (χ4n) is 3.00. The third kappa shape index (κ3) is 3.45. The Kier molecular flexibility index (Phi) is 4.26. The van der Waals surface area contributed by atoms with Crippen LogP contribution in [0.3, 0.4) is 0 Å². The van der Waals surface area contributed by atoms with E-state index in [1.54, 1.807) is 0 Å². The molecule has 0 saturated carbocycles. The van der Waals surface area contributed by atoms with Crippen molar-refractivity contribution in [2.24, 2.45) is 0 Å². The van der Waals surface area contributed by atoms with Crippen molar-refractivity contribution >= 4 is 5.69 Å². The van der Waals surface area contributed by atoms with Crippen LogP contribution in [0.4, 0.5) is 5.69 Å². The van der Waals surface area contributed by atoms with Gasteiger partial charge in [0.25, 0.3) is 0 Å². The van der Waals surface area contributed by atoms with Crippen LogP contribution in [-0.2, 0) is 0 Å². The third-order valence-electron chi connectivity index (χ3n) is 4.31. The van der Waals surface area contributed by atoms with E-state index in [2.05, 4.69) is 78.7 Å². The average Bonchev–Trinajstić information content (AvgIpc) is 2.98. The number of nitrogens with zero attached hydrogens (tertiary/aromatic N) is 1. The van der Waals surface area contributed by atoms with E-state index >= 15 is 0 Å². The third-order valence-corrected chi connectivity index (χ3v) is 4.31. The summed E-state index contributed by atoms with van der Waals surface area (Å²) >= 11 is 0. The molecule has 1 aliphatic heterocycles. The molecule has 1 heterocycles. The molecule has 0 aromatic heterocycles. The summed E-state index contributed by atoms with van der Waals surface area (Å²) in [5.74, 6) is 0. The van der Waals surface area contributed by atoms with Gasteiger partial charge in [-0.1, -0.05) is 42.5 Å². The van der Waals surface area contributed by atoms with E-state index in [0.717, 1.165) is 6.54 Å². The largest absolute Gasteiger partial charge is 0.381 e. The van der Waals surface area contributed by atoms with E-state index in [9.17, 15) is 0 Å². The number of nitrogens with one attached hydrogen (secondary N) is 1. The molecule has 2 aromatic rings. The predicted octanol–water partition coefficient (Wildman–Crippen LogP) is 4.25. The molecule has 2 aromatic carbocycles. The Bertz CT molecular complexity index is 560. The van der Waals surface area contributed by atoms with Crippen LogP contribution in [-0.4, -0.2) is 30.1 Å². The molecule has 2 nitrogen and oxygen atoms in total. The Balaban J connectivity index is 1.63. The van der Waals surface area contributed by atoms with Crippen LogP contribution in [0.5, 0.6) is 0 Å². The smallest absolute Gasteiger partial charge is 0.0400 e. The molecular formula is C19H24N2. The zero-order valence-corrected chi connectivity index (χ0v) is 12.9. The highest BCUT2D eigenvalue weighted by Gasteiger charge is 2.23. The summed E-state index contributed by atoms with van der Waals surface area (Å²) in [7, 11) is 0. The molecule has 0 aliphatic carbocycles. The molecule has 21 heavy (non-hydrogen) atoms. The van der Waals surface area contributed by atoms with Crippen LogP contribution in [0, 0.1) is 0 Å². The first-order valence-electron chi connectivity index (χ1n) is 7.88. The van der Waals surface area contributed by atoms with E-state index in [0.29, 0.717) is 12.1 Å². The maximum atomic E-state index is 3.66.